The molecule has 0 aliphatic carbocycles. The second kappa shape index (κ2) is 12.5. The quantitative estimate of drug-likeness (QED) is 0.236. The Morgan fingerprint density at radius 1 is 1.03 bits per heavy atom. The van der Waals surface area contributed by atoms with Gasteiger partial charge in [-0.3, -0.25) is 0 Å². The van der Waals surface area contributed by atoms with Crippen molar-refractivity contribution in [1.82, 2.24) is 20.2 Å². The van der Waals surface area contributed by atoms with Crippen molar-refractivity contribution in [2.75, 3.05) is 13.1 Å². The maximum atomic E-state index is 12.9. The molecule has 1 heterocycles. The van der Waals surface area contributed by atoms with Crippen LogP contribution >= 0.6 is 24.0 Å². The highest BCUT2D eigenvalue weighted by Gasteiger charge is 2.30. The summed E-state index contributed by atoms with van der Waals surface area (Å²) in [6.07, 6.45) is 0.0679. The van der Waals surface area contributed by atoms with E-state index < -0.39 is 11.7 Å². The van der Waals surface area contributed by atoms with Gasteiger partial charge in [0.2, 0.25) is 0 Å². The zero-order chi connectivity index (χ0) is 22.1. The number of nitrogens with zero attached hydrogens (tertiary/aromatic N) is 3. The molecule has 0 aliphatic rings. The Balaban J connectivity index is 0.00000363. The summed E-state index contributed by atoms with van der Waals surface area (Å²) in [5, 5.41) is 6.35. The molecule has 1 aromatic heterocycles. The molecule has 0 amide bonds. The Kier molecular flexibility index (Phi) is 10.0. The second-order valence-electron chi connectivity index (χ2n) is 7.03. The molecule has 0 fully saturated rings. The minimum Gasteiger partial charge on any atom is -0.357 e. The van der Waals surface area contributed by atoms with E-state index >= 15 is 0 Å². The lowest BCUT2D eigenvalue weighted by molar-refractivity contribution is -0.137. The SMILES string of the molecule is CCNC(=NCc1cccc(C(F)(F)F)c1)NCCc1nccn1Cc1ccccc1.I. The van der Waals surface area contributed by atoms with Crippen LogP contribution in [0.4, 0.5) is 13.2 Å². The third-order valence-corrected chi connectivity index (χ3v) is 4.66. The summed E-state index contributed by atoms with van der Waals surface area (Å²) in [5.74, 6) is 1.51. The Hall–Kier alpha value is -2.56. The Bertz CT molecular complexity index is 987. The van der Waals surface area contributed by atoms with Gasteiger partial charge in [-0.15, -0.1) is 24.0 Å². The summed E-state index contributed by atoms with van der Waals surface area (Å²) in [4.78, 5) is 8.85. The number of hydrogen-bond acceptors (Lipinski definition) is 2. The van der Waals surface area contributed by atoms with E-state index in [2.05, 4.69) is 37.3 Å². The minimum absolute atomic E-state index is 0. The molecule has 0 unspecified atom stereocenters. The van der Waals surface area contributed by atoms with Crippen LogP contribution in [0.5, 0.6) is 0 Å². The van der Waals surface area contributed by atoms with Crippen molar-refractivity contribution in [1.29, 1.82) is 0 Å². The van der Waals surface area contributed by atoms with E-state index in [0.29, 0.717) is 31.0 Å². The van der Waals surface area contributed by atoms with Gasteiger partial charge in [-0.05, 0) is 30.2 Å². The summed E-state index contributed by atoms with van der Waals surface area (Å²) in [6, 6.07) is 15.4. The van der Waals surface area contributed by atoms with Crippen LogP contribution in [0, 0.1) is 0 Å². The predicted molar refractivity (Wildman–Crippen MR) is 131 cm³/mol. The fraction of sp³-hybridized carbons (Fsp3) is 0.304. The second-order valence-corrected chi connectivity index (χ2v) is 7.03. The lowest BCUT2D eigenvalue weighted by Crippen LogP contribution is -2.38. The Labute approximate surface area is 203 Å². The molecule has 0 radical (unpaired) electrons. The summed E-state index contributed by atoms with van der Waals surface area (Å²) >= 11 is 0. The molecule has 172 valence electrons. The topological polar surface area (TPSA) is 54.2 Å². The zero-order valence-electron chi connectivity index (χ0n) is 17.8. The molecule has 0 spiro atoms. The fourth-order valence-corrected chi connectivity index (χ4v) is 3.14. The zero-order valence-corrected chi connectivity index (χ0v) is 20.1. The Morgan fingerprint density at radius 3 is 2.50 bits per heavy atom. The van der Waals surface area contributed by atoms with Crippen LogP contribution < -0.4 is 10.6 Å². The molecule has 3 aromatic rings. The highest BCUT2D eigenvalue weighted by Crippen LogP contribution is 2.29. The van der Waals surface area contributed by atoms with Crippen molar-refractivity contribution in [2.24, 2.45) is 4.99 Å². The summed E-state index contributed by atoms with van der Waals surface area (Å²) in [7, 11) is 0. The van der Waals surface area contributed by atoms with Crippen LogP contribution in [0.25, 0.3) is 0 Å². The van der Waals surface area contributed by atoms with Crippen molar-refractivity contribution in [2.45, 2.75) is 32.6 Å². The maximum Gasteiger partial charge on any atom is 0.416 e. The van der Waals surface area contributed by atoms with Crippen LogP contribution in [0.2, 0.25) is 0 Å². The number of guanidine groups is 1. The van der Waals surface area contributed by atoms with Gasteiger partial charge in [0.25, 0.3) is 0 Å². The molecule has 3 rings (SSSR count). The molecule has 0 atom stereocenters. The van der Waals surface area contributed by atoms with Crippen molar-refractivity contribution in [3.63, 3.8) is 0 Å². The maximum absolute atomic E-state index is 12.9. The molecule has 9 heteroatoms. The number of imidazole rings is 1. The first-order valence-corrected chi connectivity index (χ1v) is 10.2. The van der Waals surface area contributed by atoms with Crippen molar-refractivity contribution in [3.8, 4) is 0 Å². The molecule has 5 nitrogen and oxygen atoms in total. The average molecular weight is 557 g/mol. The summed E-state index contributed by atoms with van der Waals surface area (Å²) in [5.41, 5.74) is 1.04. The molecular formula is C23H27F3IN5. The van der Waals surface area contributed by atoms with E-state index in [9.17, 15) is 13.2 Å². The molecule has 2 N–H and O–H groups in total. The van der Waals surface area contributed by atoms with Gasteiger partial charge < -0.3 is 15.2 Å². The van der Waals surface area contributed by atoms with Crippen LogP contribution in [-0.2, 0) is 25.7 Å². The smallest absolute Gasteiger partial charge is 0.357 e. The Morgan fingerprint density at radius 2 is 1.78 bits per heavy atom. The van der Waals surface area contributed by atoms with Crippen molar-refractivity contribution in [3.05, 3.63) is 89.5 Å². The first-order chi connectivity index (χ1) is 15.0. The highest BCUT2D eigenvalue weighted by molar-refractivity contribution is 14.0. The molecule has 0 aliphatic heterocycles. The van der Waals surface area contributed by atoms with Gasteiger partial charge in [-0.25, -0.2) is 9.98 Å². The third kappa shape index (κ3) is 7.85. The van der Waals surface area contributed by atoms with Crippen molar-refractivity contribution < 1.29 is 13.2 Å². The van der Waals surface area contributed by atoms with Crippen molar-refractivity contribution >= 4 is 29.9 Å². The van der Waals surface area contributed by atoms with E-state index in [0.717, 1.165) is 24.5 Å². The normalized spacial score (nSPS) is 11.7. The highest BCUT2D eigenvalue weighted by atomic mass is 127. The van der Waals surface area contributed by atoms with Crippen LogP contribution in [-0.4, -0.2) is 28.6 Å². The van der Waals surface area contributed by atoms with Crippen LogP contribution in [0.1, 0.15) is 29.4 Å². The minimum atomic E-state index is -4.36. The fourth-order valence-electron chi connectivity index (χ4n) is 3.14. The summed E-state index contributed by atoms with van der Waals surface area (Å²) < 4.78 is 40.8. The van der Waals surface area contributed by atoms with Gasteiger partial charge >= 0.3 is 6.18 Å². The van der Waals surface area contributed by atoms with E-state index in [4.69, 9.17) is 0 Å². The van der Waals surface area contributed by atoms with E-state index in [1.165, 1.54) is 11.6 Å². The molecule has 0 bridgehead atoms. The van der Waals surface area contributed by atoms with E-state index in [-0.39, 0.29) is 30.5 Å². The van der Waals surface area contributed by atoms with Crippen LogP contribution in [0.3, 0.4) is 0 Å². The number of alkyl halides is 3. The number of benzene rings is 2. The monoisotopic (exact) mass is 557 g/mol. The van der Waals surface area contributed by atoms with Gasteiger partial charge in [-0.2, -0.15) is 13.2 Å². The van der Waals surface area contributed by atoms with E-state index in [1.54, 1.807) is 12.3 Å². The molecule has 2 aromatic carbocycles. The summed E-state index contributed by atoms with van der Waals surface area (Å²) in [6.45, 7) is 4.09. The largest absolute Gasteiger partial charge is 0.416 e. The first kappa shape index (κ1) is 25.7. The van der Waals surface area contributed by atoms with E-state index in [1.807, 2.05) is 31.3 Å². The van der Waals surface area contributed by atoms with Gasteiger partial charge in [0.1, 0.15) is 5.82 Å². The predicted octanol–water partition coefficient (Wildman–Crippen LogP) is 4.87. The number of aromatic nitrogens is 2. The number of hydrogen-bond donors (Lipinski definition) is 2. The van der Waals surface area contributed by atoms with Gasteiger partial charge in [0.05, 0.1) is 12.1 Å². The first-order valence-electron chi connectivity index (χ1n) is 10.2. The number of halogens is 4. The lowest BCUT2D eigenvalue weighted by atomic mass is 10.1. The average Bonchev–Trinajstić information content (AvgIpc) is 3.19. The van der Waals surface area contributed by atoms with Gasteiger partial charge in [-0.1, -0.05) is 42.5 Å². The molecule has 0 saturated heterocycles. The number of aliphatic imine (C=N–C) groups is 1. The van der Waals surface area contributed by atoms with Crippen LogP contribution in [0.15, 0.2) is 72.0 Å². The number of rotatable bonds is 8. The van der Waals surface area contributed by atoms with Gasteiger partial charge in [0, 0.05) is 38.4 Å². The third-order valence-electron chi connectivity index (χ3n) is 4.66. The molecule has 32 heavy (non-hydrogen) atoms. The standard InChI is InChI=1S/C23H26F3N5.HI/c1-2-27-22(30-16-19-9-6-10-20(15-19)23(24,25)26)29-12-11-21-28-13-14-31(21)17-18-7-4-3-5-8-18;/h3-10,13-15H,2,11-12,16-17H2,1H3,(H2,27,29,30);1H. The molecule has 0 saturated carbocycles. The van der Waals surface area contributed by atoms with Gasteiger partial charge in [0.15, 0.2) is 5.96 Å². The molecular weight excluding hydrogens is 530 g/mol. The lowest BCUT2D eigenvalue weighted by Gasteiger charge is -2.13. The number of nitrogens with one attached hydrogen (secondary N) is 2.